The molecule has 7 rings (SSSR count). The first-order valence-corrected chi connectivity index (χ1v) is 27.6. The van der Waals surface area contributed by atoms with Crippen LogP contribution in [0.5, 0.6) is 0 Å². The van der Waals surface area contributed by atoms with E-state index < -0.39 is 81.6 Å². The number of rotatable bonds is 32. The van der Waals surface area contributed by atoms with Crippen molar-refractivity contribution in [2.24, 2.45) is 0 Å². The van der Waals surface area contributed by atoms with Crippen LogP contribution in [0.3, 0.4) is 0 Å². The number of aliphatic hydroxyl groups is 4. The second kappa shape index (κ2) is 27.6. The molecule has 76 heavy (non-hydrogen) atoms. The minimum atomic E-state index is -4.94. The molecule has 2 fully saturated rings. The average Bonchev–Trinajstić information content (AvgIpc) is 4.23. The lowest BCUT2D eigenvalue weighted by atomic mass is 9.92. The van der Waals surface area contributed by atoms with E-state index in [4.69, 9.17) is 44.0 Å². The monoisotopic (exact) mass is 1070 g/mol. The van der Waals surface area contributed by atoms with Gasteiger partial charge in [0.15, 0.2) is 11.6 Å². The Bertz CT molecular complexity index is 2700. The highest BCUT2D eigenvalue weighted by Gasteiger charge is 2.59. The number of nitrogen functional groups attached to an aromatic ring is 2. The summed E-state index contributed by atoms with van der Waals surface area (Å²) in [6, 6.07) is 18.7. The van der Waals surface area contributed by atoms with Crippen molar-refractivity contribution in [2.75, 3.05) is 44.5 Å². The number of phosphoric acid groups is 1. The van der Waals surface area contributed by atoms with Crippen molar-refractivity contribution in [1.29, 1.82) is 15.8 Å². The van der Waals surface area contributed by atoms with Gasteiger partial charge in [-0.15, -0.1) is 0 Å². The summed E-state index contributed by atoms with van der Waals surface area (Å²) in [7, 11) is -4.94. The van der Waals surface area contributed by atoms with Gasteiger partial charge in [0.25, 0.3) is 0 Å². The van der Waals surface area contributed by atoms with Crippen LogP contribution < -0.4 is 11.5 Å². The van der Waals surface area contributed by atoms with E-state index in [1.54, 1.807) is 24.3 Å². The number of hydrogen-bond donors (Lipinski definition) is 6. The second-order valence-electron chi connectivity index (χ2n) is 19.3. The second-order valence-corrected chi connectivity index (χ2v) is 21.0. The third kappa shape index (κ3) is 13.7. The molecule has 23 nitrogen and oxygen atoms in total. The number of phosphoric ester groups is 1. The summed E-state index contributed by atoms with van der Waals surface area (Å²) in [6.45, 7) is 0.510. The van der Waals surface area contributed by atoms with Crippen LogP contribution in [0.1, 0.15) is 126 Å². The Kier molecular flexibility index (Phi) is 21.0. The fraction of sp³-hybridized carbons (Fsp3) is 0.596. The van der Waals surface area contributed by atoms with E-state index in [0.717, 1.165) is 38.3 Å². The first kappa shape index (κ1) is 58.0. The van der Waals surface area contributed by atoms with Crippen LogP contribution in [0.2, 0.25) is 0 Å². The van der Waals surface area contributed by atoms with Crippen molar-refractivity contribution in [3.05, 3.63) is 83.7 Å². The maximum atomic E-state index is 14.9. The van der Waals surface area contributed by atoms with E-state index in [0.29, 0.717) is 28.8 Å². The van der Waals surface area contributed by atoms with Gasteiger partial charge >= 0.3 is 7.82 Å². The van der Waals surface area contributed by atoms with Crippen LogP contribution in [-0.4, -0.2) is 125 Å². The third-order valence-electron chi connectivity index (χ3n) is 13.9. The maximum Gasteiger partial charge on any atom is 0.475 e. The zero-order valence-electron chi connectivity index (χ0n) is 42.8. The lowest BCUT2D eigenvalue weighted by molar-refractivity contribution is -0.0802. The van der Waals surface area contributed by atoms with Gasteiger partial charge in [-0.1, -0.05) is 109 Å². The van der Waals surface area contributed by atoms with Gasteiger partial charge in [0.05, 0.1) is 56.1 Å². The molecule has 410 valence electrons. The van der Waals surface area contributed by atoms with Crippen LogP contribution in [0.15, 0.2) is 61.2 Å². The van der Waals surface area contributed by atoms with Gasteiger partial charge in [-0.3, -0.25) is 13.6 Å². The number of nitrogens with two attached hydrogens (primary N) is 2. The average molecular weight is 1070 g/mol. The highest BCUT2D eigenvalue weighted by atomic mass is 31.2. The van der Waals surface area contributed by atoms with Gasteiger partial charge in [-0.2, -0.15) is 26.0 Å². The zero-order valence-corrected chi connectivity index (χ0v) is 43.7. The molecular formula is C52H70N11O12P. The summed E-state index contributed by atoms with van der Waals surface area (Å²) >= 11 is 0. The van der Waals surface area contributed by atoms with Crippen LogP contribution in [0.4, 0.5) is 11.6 Å². The van der Waals surface area contributed by atoms with Gasteiger partial charge in [0.1, 0.15) is 78.6 Å². The number of unbranched alkanes of at least 4 members (excludes halogenated alkanes) is 14. The van der Waals surface area contributed by atoms with Crippen LogP contribution in [0, 0.1) is 34.0 Å². The van der Waals surface area contributed by atoms with Crippen molar-refractivity contribution < 1.29 is 57.5 Å². The van der Waals surface area contributed by atoms with E-state index in [9.17, 15) is 40.8 Å². The van der Waals surface area contributed by atoms with Crippen LogP contribution >= 0.6 is 7.82 Å². The highest BCUT2D eigenvalue weighted by molar-refractivity contribution is 7.48. The predicted molar refractivity (Wildman–Crippen MR) is 274 cm³/mol. The lowest BCUT2D eigenvalue weighted by Crippen LogP contribution is -2.41. The molecule has 0 spiro atoms. The van der Waals surface area contributed by atoms with Crippen LogP contribution in [-0.2, 0) is 54.9 Å². The largest absolute Gasteiger partial charge is 0.475 e. The fourth-order valence-corrected chi connectivity index (χ4v) is 10.8. The summed E-state index contributed by atoms with van der Waals surface area (Å²) in [5.41, 5.74) is 9.23. The Morgan fingerprint density at radius 3 is 1.64 bits per heavy atom. The predicted octanol–water partition coefficient (Wildman–Crippen LogP) is 5.82. The van der Waals surface area contributed by atoms with Crippen LogP contribution in [0.25, 0.3) is 11.0 Å². The molecule has 9 atom stereocenters. The Balaban J connectivity index is 1.02. The molecule has 24 heteroatoms. The lowest BCUT2D eigenvalue weighted by Gasteiger charge is -2.26. The van der Waals surface area contributed by atoms with E-state index >= 15 is 0 Å². The summed E-state index contributed by atoms with van der Waals surface area (Å²) < 4.78 is 59.5. The Morgan fingerprint density at radius 2 is 1.17 bits per heavy atom. The van der Waals surface area contributed by atoms with E-state index in [1.165, 1.54) is 104 Å². The first-order chi connectivity index (χ1) is 36.8. The number of nitriles is 3. The van der Waals surface area contributed by atoms with Gasteiger partial charge < -0.3 is 50.8 Å². The SMILES string of the molecule is CCCCCCCCCCCCCCCCCOC[C@H](COP(=O)(OC[C@H]1O[C@@](C#N)(c2ccc3c(N)ncnn23)[C@H](O)[C@@H]1O)OC[C@H]1O[C@@](C#N)(c2ccc3c(N)ncnn23)[C@H](O)[C@@H]1O)OCc1cccc(C#N)c1. The summed E-state index contributed by atoms with van der Waals surface area (Å²) in [5.74, 6) is 0.143. The quantitative estimate of drug-likeness (QED) is 0.0218. The number of benzene rings is 1. The Morgan fingerprint density at radius 1 is 0.684 bits per heavy atom. The minimum Gasteiger partial charge on any atom is -0.387 e. The van der Waals surface area contributed by atoms with Crippen molar-refractivity contribution >= 4 is 30.5 Å². The Hall–Kier alpha value is -5.68. The fourth-order valence-electron chi connectivity index (χ4n) is 9.60. The van der Waals surface area contributed by atoms with E-state index in [1.807, 2.05) is 12.1 Å². The van der Waals surface area contributed by atoms with Gasteiger partial charge in [0, 0.05) is 6.61 Å². The molecule has 2 saturated heterocycles. The van der Waals surface area contributed by atoms with Crippen molar-refractivity contribution in [2.45, 2.75) is 164 Å². The summed E-state index contributed by atoms with van der Waals surface area (Å²) in [4.78, 5) is 7.90. The molecule has 2 aliphatic heterocycles. The molecular weight excluding hydrogens is 1000 g/mol. The van der Waals surface area contributed by atoms with Crippen molar-refractivity contribution in [3.63, 3.8) is 0 Å². The van der Waals surface area contributed by atoms with E-state index in [-0.39, 0.29) is 36.2 Å². The standard InChI is InChI=1S/C52H70N11O12P/c1-2-3-4-5-6-7-8-9-10-11-12-13-14-15-16-24-69-28-38(70-27-37-19-17-18-36(25-37)26-53)29-71-76(68,72-30-41-45(64)47(66)51(32-54,74-41)43-22-20-39-49(56)58-34-60-62(39)43)73-31-42-46(65)48(67)52(33-55,75-42)44-23-21-40-50(57)59-35-61-63(40)44/h17-23,25,34-35,38,41-42,45-48,64-67H,2-16,24,27-31H2,1H3,(H2,56,58,60)(H2,57,59,61)/t38-,41-,42-,45-,46-,47-,48-,51+,52+/m1/s1. The number of anilines is 2. The van der Waals surface area contributed by atoms with Gasteiger partial charge in [-0.25, -0.2) is 23.6 Å². The molecule has 4 aromatic heterocycles. The Labute approximate surface area is 441 Å². The summed E-state index contributed by atoms with van der Waals surface area (Å²) in [6.07, 6.45) is 9.12. The smallest absolute Gasteiger partial charge is 0.387 e. The number of ether oxygens (including phenoxy) is 4. The molecule has 8 N–H and O–H groups in total. The molecule has 6 heterocycles. The molecule has 0 radical (unpaired) electrons. The third-order valence-corrected chi connectivity index (χ3v) is 15.3. The molecule has 0 saturated carbocycles. The number of fused-ring (bicyclic) bond motifs is 2. The molecule has 0 amide bonds. The first-order valence-electron chi connectivity index (χ1n) is 26.1. The molecule has 0 bridgehead atoms. The molecule has 0 aliphatic carbocycles. The van der Waals surface area contributed by atoms with Gasteiger partial charge in [-0.05, 0) is 48.4 Å². The topological polar surface area (TPSA) is 346 Å². The minimum absolute atomic E-state index is 0.000332. The van der Waals surface area contributed by atoms with E-state index in [2.05, 4.69) is 33.2 Å². The molecule has 5 aromatic rings. The van der Waals surface area contributed by atoms with Crippen molar-refractivity contribution in [1.82, 2.24) is 29.2 Å². The number of aromatic nitrogens is 6. The molecule has 2 aliphatic rings. The number of aliphatic hydroxyl groups excluding tert-OH is 4. The number of hydrogen-bond acceptors (Lipinski definition) is 21. The number of nitrogens with zero attached hydrogens (tertiary/aromatic N) is 9. The molecule has 1 aromatic carbocycles. The summed E-state index contributed by atoms with van der Waals surface area (Å²) in [5, 5.41) is 84.4. The normalized spacial score (nSPS) is 24.0. The molecule has 0 unspecified atom stereocenters. The van der Waals surface area contributed by atoms with Crippen molar-refractivity contribution in [3.8, 4) is 18.2 Å². The maximum absolute atomic E-state index is 14.9. The van der Waals surface area contributed by atoms with Gasteiger partial charge in [0.2, 0.25) is 11.2 Å². The highest BCUT2D eigenvalue weighted by Crippen LogP contribution is 2.52. The zero-order chi connectivity index (χ0) is 54.1.